The number of fused-ring (bicyclic) bond motifs is 1. The van der Waals surface area contributed by atoms with Gasteiger partial charge in [0.2, 0.25) is 0 Å². The number of nitrogens with one attached hydrogen (secondary N) is 1. The molecule has 0 radical (unpaired) electrons. The van der Waals surface area contributed by atoms with E-state index in [0.717, 1.165) is 185 Å². The third kappa shape index (κ3) is 43.9. The van der Waals surface area contributed by atoms with E-state index in [0.29, 0.717) is 58.7 Å². The van der Waals surface area contributed by atoms with Crippen molar-refractivity contribution in [3.8, 4) is 0 Å². The van der Waals surface area contributed by atoms with Crippen LogP contribution in [0.3, 0.4) is 0 Å². The predicted octanol–water partition coefficient (Wildman–Crippen LogP) is 16.1. The number of hydrogen-bond donors (Lipinski definition) is 1. The Morgan fingerprint density at radius 1 is 0.519 bits per heavy atom. The molecule has 0 saturated carbocycles. The van der Waals surface area contributed by atoms with Crippen molar-refractivity contribution in [2.24, 2.45) is 0 Å². The van der Waals surface area contributed by atoms with Gasteiger partial charge in [-0.15, -0.1) is 0 Å². The molecule has 1 aromatic heterocycles. The van der Waals surface area contributed by atoms with Crippen LogP contribution in [0.4, 0.5) is 0 Å². The van der Waals surface area contributed by atoms with Crippen LogP contribution in [0.25, 0.3) is 10.9 Å². The molecule has 12 nitrogen and oxygen atoms in total. The van der Waals surface area contributed by atoms with Crippen LogP contribution < -0.4 is 5.56 Å². The number of aromatic amines is 1. The third-order valence-electron chi connectivity index (χ3n) is 13.2. The average Bonchev–Trinajstić information content (AvgIpc) is 3.77. The molecule has 442 valence electrons. The number of aldehydes is 1. The second kappa shape index (κ2) is 55.7. The van der Waals surface area contributed by atoms with Gasteiger partial charge in [-0.3, -0.25) is 19.4 Å². The van der Waals surface area contributed by atoms with Crippen molar-refractivity contribution in [3.63, 3.8) is 0 Å². The topological polar surface area (TPSA) is 131 Å². The Hall–Kier alpha value is -3.65. The number of H-pyrrole nitrogens is 1. The molecule has 2 rings (SSSR count). The minimum Gasteiger partial charge on any atom is -0.466 e. The number of rotatable bonds is 54. The van der Waals surface area contributed by atoms with E-state index in [9.17, 15) is 14.4 Å². The smallest absolute Gasteiger partial charge is 0.305 e. The number of hydrogen-bond acceptors (Lipinski definition) is 10. The fourth-order valence-corrected chi connectivity index (χ4v) is 8.77. The van der Waals surface area contributed by atoms with Gasteiger partial charge in [0.15, 0.2) is 12.6 Å². The molecular weight excluding hydrogens is 967 g/mol. The van der Waals surface area contributed by atoms with E-state index in [-0.39, 0.29) is 24.1 Å². The first kappa shape index (κ1) is 71.4. The summed E-state index contributed by atoms with van der Waals surface area (Å²) in [7, 11) is 1.77. The molecule has 0 fully saturated rings. The normalized spacial score (nSPS) is 12.1. The second-order valence-electron chi connectivity index (χ2n) is 20.2. The van der Waals surface area contributed by atoms with E-state index < -0.39 is 0 Å². The maximum atomic E-state index is 12.5. The zero-order valence-corrected chi connectivity index (χ0v) is 49.7. The van der Waals surface area contributed by atoms with Crippen LogP contribution in [0, 0.1) is 0 Å². The summed E-state index contributed by atoms with van der Waals surface area (Å²) in [4.78, 5) is 38.0. The molecule has 1 N–H and O–H groups in total. The minimum absolute atomic E-state index is 0.0108. The van der Waals surface area contributed by atoms with Gasteiger partial charge in [-0.2, -0.15) is 0 Å². The average molecular weight is 1080 g/mol. The SMILES string of the molecule is CC/C=C\CCCCOC(CCC(=O)OCCCCCCCN(CCCCCCCOC)CCCn1[nH]c(=O)c2ccccc21)OCCCC/C=C\CC.CC/C=C\CCCCOC(CCC=O)OCCCC/C=C\CC. The molecular formula is C65H113N3O9. The van der Waals surface area contributed by atoms with Crippen LogP contribution in [0.1, 0.15) is 227 Å². The summed E-state index contributed by atoms with van der Waals surface area (Å²) in [5, 5.41) is 3.78. The van der Waals surface area contributed by atoms with Crippen LogP contribution in [-0.4, -0.2) is 106 Å². The second-order valence-corrected chi connectivity index (χ2v) is 20.2. The summed E-state index contributed by atoms with van der Waals surface area (Å²) < 4.78 is 36.4. The minimum atomic E-state index is -0.354. The van der Waals surface area contributed by atoms with E-state index in [1.807, 2.05) is 28.9 Å². The maximum Gasteiger partial charge on any atom is 0.305 e. The lowest BCUT2D eigenvalue weighted by molar-refractivity contribution is -0.159. The quantitative estimate of drug-likeness (QED) is 0.0225. The van der Waals surface area contributed by atoms with Gasteiger partial charge in [0.05, 0.1) is 23.9 Å². The largest absolute Gasteiger partial charge is 0.466 e. The molecule has 0 aliphatic carbocycles. The van der Waals surface area contributed by atoms with Gasteiger partial charge in [0.25, 0.3) is 5.56 Å². The number of nitrogens with zero attached hydrogens (tertiary/aromatic N) is 2. The highest BCUT2D eigenvalue weighted by Gasteiger charge is 2.14. The molecule has 12 heteroatoms. The summed E-state index contributed by atoms with van der Waals surface area (Å²) in [6.07, 6.45) is 50.0. The number of methoxy groups -OCH3 is 1. The van der Waals surface area contributed by atoms with Crippen LogP contribution >= 0.6 is 0 Å². The van der Waals surface area contributed by atoms with Crippen LogP contribution in [-0.2, 0) is 44.6 Å². The van der Waals surface area contributed by atoms with E-state index in [1.165, 1.54) is 38.5 Å². The van der Waals surface area contributed by atoms with Crippen molar-refractivity contribution in [1.82, 2.24) is 14.7 Å². The zero-order chi connectivity index (χ0) is 55.8. The Labute approximate surface area is 469 Å². The monoisotopic (exact) mass is 1080 g/mol. The predicted molar refractivity (Wildman–Crippen MR) is 322 cm³/mol. The van der Waals surface area contributed by atoms with Gasteiger partial charge >= 0.3 is 5.97 Å². The highest BCUT2D eigenvalue weighted by Crippen LogP contribution is 2.14. The molecule has 0 aliphatic rings. The van der Waals surface area contributed by atoms with E-state index in [1.54, 1.807) is 7.11 Å². The summed E-state index contributed by atoms with van der Waals surface area (Å²) in [6, 6.07) is 7.82. The Bertz CT molecular complexity index is 1740. The number of carbonyl (C=O) groups excluding carboxylic acids is 2. The van der Waals surface area contributed by atoms with Crippen molar-refractivity contribution in [2.45, 2.75) is 246 Å². The van der Waals surface area contributed by atoms with Gasteiger partial charge in [-0.05, 0) is 167 Å². The number of benzene rings is 1. The van der Waals surface area contributed by atoms with Gasteiger partial charge < -0.3 is 38.1 Å². The molecule has 0 spiro atoms. The number of unbranched alkanes of at least 4 members (excludes halogenated alkanes) is 16. The Balaban J connectivity index is 0.00000108. The molecule has 0 aliphatic heterocycles. The fraction of sp³-hybridized carbons (Fsp3) is 0.738. The van der Waals surface area contributed by atoms with Crippen LogP contribution in [0.2, 0.25) is 0 Å². The van der Waals surface area contributed by atoms with E-state index in [2.05, 4.69) is 86.3 Å². The zero-order valence-electron chi connectivity index (χ0n) is 49.7. The standard InChI is InChI=1S/C45H77N3O6.C20H36O3/c1-4-6-8-10-17-26-39-53-44(54-40-27-18-11-9-7-5-2)32-31-43(49)52-38-25-19-13-15-23-34-47(33-22-14-12-16-24-37-51-3)35-28-36-48-42-30-21-20-29-41(42)45(50)46-48;1-3-5-7-9-11-13-18-22-20(16-15-17-21)23-19-14-12-10-8-6-4-2/h6-9,20-21,29-30,44H,4-5,10-19,22-28,31-40H2,1-3H3,(H,46,50);5-8,17,20H,3-4,9-16,18-19H2,1-2H3/b8-6-,9-7-;7-5-,8-6-. The first-order valence-electron chi connectivity index (χ1n) is 31.0. The molecule has 2 aromatic rings. The number of allylic oxidation sites excluding steroid dienone is 8. The van der Waals surface area contributed by atoms with Crippen molar-refractivity contribution < 1.29 is 38.0 Å². The van der Waals surface area contributed by atoms with Crippen molar-refractivity contribution >= 4 is 23.2 Å². The molecule has 1 aromatic carbocycles. The third-order valence-corrected chi connectivity index (χ3v) is 13.2. The molecule has 77 heavy (non-hydrogen) atoms. The Morgan fingerprint density at radius 3 is 1.43 bits per heavy atom. The molecule has 0 unspecified atom stereocenters. The lowest BCUT2D eigenvalue weighted by Crippen LogP contribution is -2.28. The van der Waals surface area contributed by atoms with Gasteiger partial charge in [0, 0.05) is 66.0 Å². The van der Waals surface area contributed by atoms with Gasteiger partial charge in [-0.1, -0.05) is 127 Å². The highest BCUT2D eigenvalue weighted by molar-refractivity contribution is 5.78. The molecule has 0 atom stereocenters. The molecule has 1 heterocycles. The summed E-state index contributed by atoms with van der Waals surface area (Å²) >= 11 is 0. The number of ether oxygens (including phenoxy) is 6. The maximum absolute atomic E-state index is 12.5. The van der Waals surface area contributed by atoms with Crippen molar-refractivity contribution in [1.29, 1.82) is 0 Å². The fourth-order valence-electron chi connectivity index (χ4n) is 8.77. The van der Waals surface area contributed by atoms with Crippen LogP contribution in [0.5, 0.6) is 0 Å². The first-order chi connectivity index (χ1) is 37.9. The first-order valence-corrected chi connectivity index (χ1v) is 31.0. The van der Waals surface area contributed by atoms with Crippen molar-refractivity contribution in [2.75, 3.05) is 66.4 Å². The molecule has 0 amide bonds. The summed E-state index contributed by atoms with van der Waals surface area (Å²) in [6.45, 7) is 16.7. The Morgan fingerprint density at radius 2 is 0.948 bits per heavy atom. The lowest BCUT2D eigenvalue weighted by atomic mass is 10.1. The van der Waals surface area contributed by atoms with Gasteiger partial charge in [0.1, 0.15) is 6.29 Å². The number of para-hydroxylation sites is 1. The number of aromatic nitrogens is 2. The van der Waals surface area contributed by atoms with Crippen LogP contribution in [0.15, 0.2) is 77.7 Å². The lowest BCUT2D eigenvalue weighted by Gasteiger charge is -2.22. The van der Waals surface area contributed by atoms with Crippen molar-refractivity contribution in [3.05, 3.63) is 83.2 Å². The number of carbonyl (C=O) groups is 2. The highest BCUT2D eigenvalue weighted by atomic mass is 16.7. The number of esters is 1. The number of aryl methyl sites for hydroxylation is 1. The summed E-state index contributed by atoms with van der Waals surface area (Å²) in [5.74, 6) is -0.159. The molecule has 0 saturated heterocycles. The van der Waals surface area contributed by atoms with E-state index in [4.69, 9.17) is 28.4 Å². The summed E-state index contributed by atoms with van der Waals surface area (Å²) in [5.41, 5.74) is 0.973. The Kier molecular flexibility index (Phi) is 51.6. The van der Waals surface area contributed by atoms with E-state index >= 15 is 0 Å². The van der Waals surface area contributed by atoms with Gasteiger partial charge in [-0.25, -0.2) is 0 Å². The molecule has 0 bridgehead atoms.